The number of amides is 1. The fourth-order valence-corrected chi connectivity index (χ4v) is 5.95. The molecule has 3 N–H and O–H groups in total. The maximum Gasteiger partial charge on any atom is 0.293 e. The Labute approximate surface area is 197 Å². The van der Waals surface area contributed by atoms with Crippen molar-refractivity contribution in [3.63, 3.8) is 0 Å². The van der Waals surface area contributed by atoms with Crippen molar-refractivity contribution in [1.82, 2.24) is 10.2 Å². The number of aromatic hydroxyl groups is 2. The van der Waals surface area contributed by atoms with Crippen LogP contribution in [0.15, 0.2) is 18.2 Å². The molecule has 3 aliphatic rings. The highest BCUT2D eigenvalue weighted by Crippen LogP contribution is 2.66. The van der Waals surface area contributed by atoms with Gasteiger partial charge >= 0.3 is 0 Å². The molecule has 33 heavy (non-hydrogen) atoms. The van der Waals surface area contributed by atoms with E-state index in [1.54, 1.807) is 6.07 Å². The second-order valence-electron chi connectivity index (χ2n) is 10.8. The third-order valence-electron chi connectivity index (χ3n) is 8.79. The van der Waals surface area contributed by atoms with Gasteiger partial charge in [0.15, 0.2) is 11.5 Å². The molecule has 1 saturated heterocycles. The molecule has 2 saturated carbocycles. The Bertz CT molecular complexity index is 857. The predicted octanol–water partition coefficient (Wildman–Crippen LogP) is 3.96. The first-order valence-corrected chi connectivity index (χ1v) is 12.1. The summed E-state index contributed by atoms with van der Waals surface area (Å²) in [5, 5.41) is 21.8. The summed E-state index contributed by atoms with van der Waals surface area (Å²) < 4.78 is 5.19. The number of phenols is 2. The molecule has 4 unspecified atom stereocenters. The van der Waals surface area contributed by atoms with Gasteiger partial charge in [-0.1, -0.05) is 26.8 Å². The van der Waals surface area contributed by atoms with Crippen LogP contribution in [0.2, 0.25) is 0 Å². The van der Waals surface area contributed by atoms with Gasteiger partial charge in [-0.2, -0.15) is 0 Å². The lowest BCUT2D eigenvalue weighted by Gasteiger charge is -2.37. The van der Waals surface area contributed by atoms with Crippen LogP contribution in [0.5, 0.6) is 11.5 Å². The van der Waals surface area contributed by atoms with Gasteiger partial charge < -0.3 is 25.2 Å². The highest BCUT2D eigenvalue weighted by atomic mass is 16.5. The number of carbonyl (C=O) groups excluding carboxylic acids is 2. The molecule has 2 bridgehead atoms. The standard InChI is InChI=1S/C15H22N2O3.C11H18O2/c1-10-4-3-7-17(10)15(20)11(2)16-9-12-5-6-13(18)14(19)8-12;1-10(2)8-4-5-11(10,3)9(6-8)13-7-12/h5-6,8,10-11,16,18-19H,3-4,7,9H2,1-2H3;7-9H,4-6H2,1-3H3/t10?,11-;/m0./s1. The second-order valence-corrected chi connectivity index (χ2v) is 10.8. The Morgan fingerprint density at radius 3 is 2.52 bits per heavy atom. The number of ether oxygens (including phenoxy) is 1. The molecule has 184 valence electrons. The number of carbonyl (C=O) groups is 2. The number of hydrogen-bond donors (Lipinski definition) is 3. The summed E-state index contributed by atoms with van der Waals surface area (Å²) in [4.78, 5) is 24.6. The van der Waals surface area contributed by atoms with E-state index < -0.39 is 0 Å². The van der Waals surface area contributed by atoms with Gasteiger partial charge in [-0.05, 0) is 75.0 Å². The Hall–Kier alpha value is -2.28. The van der Waals surface area contributed by atoms with Crippen molar-refractivity contribution in [3.05, 3.63) is 23.8 Å². The molecule has 0 spiro atoms. The topological polar surface area (TPSA) is 99.1 Å². The largest absolute Gasteiger partial charge is 0.504 e. The predicted molar refractivity (Wildman–Crippen MR) is 127 cm³/mol. The van der Waals surface area contributed by atoms with Crippen molar-refractivity contribution in [2.24, 2.45) is 16.7 Å². The van der Waals surface area contributed by atoms with E-state index in [4.69, 9.17) is 4.74 Å². The molecular formula is C26H40N2O5. The van der Waals surface area contributed by atoms with E-state index >= 15 is 0 Å². The van der Waals surface area contributed by atoms with Gasteiger partial charge in [-0.15, -0.1) is 0 Å². The fraction of sp³-hybridized carbons (Fsp3) is 0.692. The third kappa shape index (κ3) is 4.98. The lowest BCUT2D eigenvalue weighted by Crippen LogP contribution is -2.45. The molecule has 1 aliphatic heterocycles. The lowest BCUT2D eigenvalue weighted by molar-refractivity contribution is -0.141. The number of nitrogens with zero attached hydrogens (tertiary/aromatic N) is 1. The van der Waals surface area contributed by atoms with Crippen LogP contribution in [0.25, 0.3) is 0 Å². The minimum atomic E-state index is -0.258. The van der Waals surface area contributed by atoms with Crippen LogP contribution in [-0.4, -0.2) is 52.2 Å². The van der Waals surface area contributed by atoms with Crippen molar-refractivity contribution < 1.29 is 24.5 Å². The van der Waals surface area contributed by atoms with Crippen LogP contribution in [0, 0.1) is 16.7 Å². The maximum absolute atomic E-state index is 12.3. The molecule has 7 heteroatoms. The molecule has 1 aromatic carbocycles. The first kappa shape index (κ1) is 25.3. The van der Waals surface area contributed by atoms with Crippen molar-refractivity contribution >= 4 is 12.4 Å². The summed E-state index contributed by atoms with van der Waals surface area (Å²) in [6.07, 6.45) is 5.90. The number of phenolic OH excluding ortho intramolecular Hbond substituents is 2. The molecule has 4 rings (SSSR count). The summed E-state index contributed by atoms with van der Waals surface area (Å²) in [5.74, 6) is 0.598. The average molecular weight is 461 g/mol. The van der Waals surface area contributed by atoms with E-state index in [1.807, 2.05) is 11.8 Å². The number of likely N-dealkylation sites (tertiary alicyclic amines) is 1. The molecule has 1 aromatic rings. The van der Waals surface area contributed by atoms with Gasteiger partial charge in [0.2, 0.25) is 5.91 Å². The molecular weight excluding hydrogens is 420 g/mol. The number of fused-ring (bicyclic) bond motifs is 2. The van der Waals surface area contributed by atoms with Gasteiger partial charge in [-0.3, -0.25) is 9.59 Å². The van der Waals surface area contributed by atoms with Crippen molar-refractivity contribution in [3.8, 4) is 11.5 Å². The smallest absolute Gasteiger partial charge is 0.293 e. The van der Waals surface area contributed by atoms with E-state index in [-0.39, 0.29) is 35.0 Å². The van der Waals surface area contributed by atoms with Gasteiger partial charge in [0.1, 0.15) is 6.10 Å². The Morgan fingerprint density at radius 1 is 1.27 bits per heavy atom. The minimum absolute atomic E-state index is 0.123. The summed E-state index contributed by atoms with van der Waals surface area (Å²) in [7, 11) is 0. The number of hydrogen-bond acceptors (Lipinski definition) is 6. The SMILES string of the molecule is CC1(C)C2CCC1(C)C(OC=O)C2.CC1CCCN1C(=O)[C@H](C)NCc1ccc(O)c(O)c1. The monoisotopic (exact) mass is 460 g/mol. The van der Waals surface area contributed by atoms with Crippen LogP contribution in [0.3, 0.4) is 0 Å². The second kappa shape index (κ2) is 9.92. The van der Waals surface area contributed by atoms with Gasteiger partial charge in [0, 0.05) is 24.5 Å². The highest BCUT2D eigenvalue weighted by Gasteiger charge is 2.62. The molecule has 0 aromatic heterocycles. The van der Waals surface area contributed by atoms with Crippen molar-refractivity contribution in [2.75, 3.05) is 6.54 Å². The zero-order valence-electron chi connectivity index (χ0n) is 20.6. The van der Waals surface area contributed by atoms with Crippen molar-refractivity contribution in [2.45, 2.75) is 91.5 Å². The van der Waals surface area contributed by atoms with Crippen LogP contribution in [-0.2, 0) is 20.9 Å². The summed E-state index contributed by atoms with van der Waals surface area (Å²) in [5.41, 5.74) is 1.40. The number of nitrogens with one attached hydrogen (secondary N) is 1. The van der Waals surface area contributed by atoms with Gasteiger partial charge in [0.05, 0.1) is 6.04 Å². The Morgan fingerprint density at radius 2 is 2.00 bits per heavy atom. The summed E-state index contributed by atoms with van der Waals surface area (Å²) in [6.45, 7) is 12.8. The third-order valence-corrected chi connectivity index (χ3v) is 8.79. The van der Waals surface area contributed by atoms with E-state index in [0.29, 0.717) is 24.5 Å². The van der Waals surface area contributed by atoms with Gasteiger partial charge in [0.25, 0.3) is 6.47 Å². The van der Waals surface area contributed by atoms with E-state index in [0.717, 1.165) is 37.3 Å². The van der Waals surface area contributed by atoms with E-state index in [9.17, 15) is 19.8 Å². The molecule has 2 aliphatic carbocycles. The molecule has 7 nitrogen and oxygen atoms in total. The Kier molecular flexibility index (Phi) is 7.62. The summed E-state index contributed by atoms with van der Waals surface area (Å²) >= 11 is 0. The van der Waals surface area contributed by atoms with E-state index in [1.165, 1.54) is 25.0 Å². The zero-order chi connectivity index (χ0) is 24.4. The highest BCUT2D eigenvalue weighted by molar-refractivity contribution is 5.82. The Balaban J connectivity index is 0.000000203. The zero-order valence-corrected chi connectivity index (χ0v) is 20.6. The van der Waals surface area contributed by atoms with Crippen LogP contribution in [0.4, 0.5) is 0 Å². The molecule has 1 heterocycles. The minimum Gasteiger partial charge on any atom is -0.504 e. The lowest BCUT2D eigenvalue weighted by atomic mass is 9.70. The number of benzene rings is 1. The molecule has 5 atom stereocenters. The number of rotatable bonds is 6. The van der Waals surface area contributed by atoms with E-state index in [2.05, 4.69) is 33.0 Å². The normalized spacial score (nSPS) is 30.5. The first-order chi connectivity index (χ1) is 15.5. The van der Waals surface area contributed by atoms with Crippen molar-refractivity contribution in [1.29, 1.82) is 0 Å². The van der Waals surface area contributed by atoms with Crippen LogP contribution < -0.4 is 5.32 Å². The summed E-state index contributed by atoms with van der Waals surface area (Å²) in [6, 6.07) is 4.73. The van der Waals surface area contributed by atoms with Crippen LogP contribution >= 0.6 is 0 Å². The molecule has 3 fully saturated rings. The van der Waals surface area contributed by atoms with Gasteiger partial charge in [-0.25, -0.2) is 0 Å². The maximum atomic E-state index is 12.3. The quantitative estimate of drug-likeness (QED) is 0.439. The fourth-order valence-electron chi connectivity index (χ4n) is 5.95. The average Bonchev–Trinajstić information content (AvgIpc) is 3.35. The molecule has 0 radical (unpaired) electrons. The molecule has 1 amide bonds. The first-order valence-electron chi connectivity index (χ1n) is 12.1. The van der Waals surface area contributed by atoms with Crippen LogP contribution in [0.1, 0.15) is 72.3 Å².